The monoisotopic (exact) mass is 222 g/mol. The van der Waals surface area contributed by atoms with E-state index in [4.69, 9.17) is 0 Å². The molecule has 1 amide bonds. The number of rotatable bonds is 3. The molecule has 3 heteroatoms. The van der Waals surface area contributed by atoms with E-state index < -0.39 is 0 Å². The molecule has 1 heterocycles. The Bertz CT molecular complexity index is 334. The first-order valence-electron chi connectivity index (χ1n) is 6.01. The standard InChI is InChI=1S/C13H22N2O/c1-6-8-10-9-11(14-13(3,4)5)15(7-2)12(10)16/h9H,6-8H2,1-5H3/b14-11+. The molecule has 0 unspecified atom stereocenters. The molecule has 1 aliphatic rings. The molecule has 0 aromatic heterocycles. The summed E-state index contributed by atoms with van der Waals surface area (Å²) in [5.74, 6) is 0.954. The first-order chi connectivity index (χ1) is 7.39. The van der Waals surface area contributed by atoms with Crippen molar-refractivity contribution in [2.24, 2.45) is 4.99 Å². The summed E-state index contributed by atoms with van der Waals surface area (Å²) < 4.78 is 0. The van der Waals surface area contributed by atoms with Crippen molar-refractivity contribution in [3.63, 3.8) is 0 Å². The third-order valence-corrected chi connectivity index (χ3v) is 2.39. The maximum Gasteiger partial charge on any atom is 0.255 e. The van der Waals surface area contributed by atoms with Crippen molar-refractivity contribution in [1.29, 1.82) is 0 Å². The summed E-state index contributed by atoms with van der Waals surface area (Å²) in [7, 11) is 0. The highest BCUT2D eigenvalue weighted by Gasteiger charge is 2.28. The van der Waals surface area contributed by atoms with E-state index >= 15 is 0 Å². The van der Waals surface area contributed by atoms with Crippen LogP contribution in [0.4, 0.5) is 0 Å². The SMILES string of the molecule is CCCC1=C/C(=N\C(C)(C)C)N(CC)C1=O. The van der Waals surface area contributed by atoms with E-state index in [2.05, 4.69) is 11.9 Å². The fraction of sp³-hybridized carbons (Fsp3) is 0.692. The van der Waals surface area contributed by atoms with Crippen LogP contribution in [0.1, 0.15) is 47.5 Å². The van der Waals surface area contributed by atoms with E-state index in [0.717, 1.165) is 24.3 Å². The average Bonchev–Trinajstić information content (AvgIpc) is 2.41. The van der Waals surface area contributed by atoms with Crippen LogP contribution >= 0.6 is 0 Å². The number of amides is 1. The van der Waals surface area contributed by atoms with Crippen molar-refractivity contribution in [3.8, 4) is 0 Å². The number of carbonyl (C=O) groups excluding carboxylic acids is 1. The molecule has 0 fully saturated rings. The van der Waals surface area contributed by atoms with Crippen LogP contribution in [0.2, 0.25) is 0 Å². The Kier molecular flexibility index (Phi) is 3.89. The van der Waals surface area contributed by atoms with Gasteiger partial charge in [-0.1, -0.05) is 13.3 Å². The number of aliphatic imine (C=N–C) groups is 1. The van der Waals surface area contributed by atoms with Gasteiger partial charge in [-0.25, -0.2) is 0 Å². The number of hydrogen-bond donors (Lipinski definition) is 0. The fourth-order valence-corrected chi connectivity index (χ4v) is 1.76. The predicted octanol–water partition coefficient (Wildman–Crippen LogP) is 2.77. The molecule has 0 saturated carbocycles. The summed E-state index contributed by atoms with van der Waals surface area (Å²) in [6, 6.07) is 0. The smallest absolute Gasteiger partial charge is 0.255 e. The van der Waals surface area contributed by atoms with Crippen molar-refractivity contribution >= 4 is 11.7 Å². The third-order valence-electron chi connectivity index (χ3n) is 2.39. The molecule has 0 bridgehead atoms. The van der Waals surface area contributed by atoms with E-state index in [9.17, 15) is 4.79 Å². The van der Waals surface area contributed by atoms with E-state index in [1.165, 1.54) is 0 Å². The van der Waals surface area contributed by atoms with Gasteiger partial charge >= 0.3 is 0 Å². The molecule has 1 aliphatic heterocycles. The Morgan fingerprint density at radius 3 is 2.38 bits per heavy atom. The molecular formula is C13H22N2O. The normalized spacial score (nSPS) is 19.6. The quantitative estimate of drug-likeness (QED) is 0.722. The molecule has 0 atom stereocenters. The topological polar surface area (TPSA) is 32.7 Å². The predicted molar refractivity (Wildman–Crippen MR) is 67.6 cm³/mol. The van der Waals surface area contributed by atoms with Crippen LogP contribution in [0.5, 0.6) is 0 Å². The van der Waals surface area contributed by atoms with Gasteiger partial charge in [0, 0.05) is 12.1 Å². The highest BCUT2D eigenvalue weighted by molar-refractivity contribution is 6.18. The lowest BCUT2D eigenvalue weighted by molar-refractivity contribution is -0.122. The van der Waals surface area contributed by atoms with Crippen LogP contribution < -0.4 is 0 Å². The van der Waals surface area contributed by atoms with Gasteiger partial charge < -0.3 is 0 Å². The van der Waals surface area contributed by atoms with Gasteiger partial charge in [-0.2, -0.15) is 0 Å². The van der Waals surface area contributed by atoms with Crippen LogP contribution in [0.3, 0.4) is 0 Å². The molecule has 0 aromatic carbocycles. The van der Waals surface area contributed by atoms with Gasteiger partial charge in [-0.05, 0) is 40.2 Å². The zero-order valence-electron chi connectivity index (χ0n) is 11.0. The van der Waals surface area contributed by atoms with Gasteiger partial charge in [0.15, 0.2) is 0 Å². The van der Waals surface area contributed by atoms with Gasteiger partial charge in [-0.15, -0.1) is 0 Å². The van der Waals surface area contributed by atoms with Gasteiger partial charge in [0.1, 0.15) is 5.84 Å². The summed E-state index contributed by atoms with van der Waals surface area (Å²) in [6.45, 7) is 10.9. The summed E-state index contributed by atoms with van der Waals surface area (Å²) in [4.78, 5) is 18.3. The second kappa shape index (κ2) is 4.81. The van der Waals surface area contributed by atoms with E-state index in [-0.39, 0.29) is 11.4 Å². The molecule has 0 aliphatic carbocycles. The lowest BCUT2D eigenvalue weighted by atomic mass is 10.1. The second-order valence-corrected chi connectivity index (χ2v) is 5.11. The lowest BCUT2D eigenvalue weighted by Crippen LogP contribution is -2.32. The number of nitrogens with zero attached hydrogens (tertiary/aromatic N) is 2. The average molecular weight is 222 g/mol. The largest absolute Gasteiger partial charge is 0.294 e. The first-order valence-corrected chi connectivity index (χ1v) is 6.01. The summed E-state index contributed by atoms with van der Waals surface area (Å²) in [6.07, 6.45) is 3.79. The highest BCUT2D eigenvalue weighted by atomic mass is 16.2. The van der Waals surface area contributed by atoms with Gasteiger partial charge in [0.2, 0.25) is 0 Å². The molecule has 3 nitrogen and oxygen atoms in total. The van der Waals surface area contributed by atoms with Gasteiger partial charge in [0.05, 0.1) is 5.54 Å². The Labute approximate surface area is 98.2 Å². The van der Waals surface area contributed by atoms with E-state index in [0.29, 0.717) is 6.54 Å². The second-order valence-electron chi connectivity index (χ2n) is 5.11. The number of likely N-dealkylation sites (N-methyl/N-ethyl adjacent to an activating group) is 1. The minimum atomic E-state index is -0.138. The Hall–Kier alpha value is -1.12. The minimum Gasteiger partial charge on any atom is -0.294 e. The van der Waals surface area contributed by atoms with Crippen LogP contribution in [0.15, 0.2) is 16.6 Å². The summed E-state index contributed by atoms with van der Waals surface area (Å²) >= 11 is 0. The van der Waals surface area contributed by atoms with Crippen LogP contribution in [-0.2, 0) is 4.79 Å². The first kappa shape index (κ1) is 12.9. The van der Waals surface area contributed by atoms with Crippen molar-refractivity contribution in [2.75, 3.05) is 6.54 Å². The molecule has 1 rings (SSSR count). The molecule has 0 spiro atoms. The molecular weight excluding hydrogens is 200 g/mol. The van der Waals surface area contributed by atoms with Crippen LogP contribution in [-0.4, -0.2) is 28.7 Å². The Morgan fingerprint density at radius 1 is 1.31 bits per heavy atom. The maximum absolute atomic E-state index is 12.0. The molecule has 16 heavy (non-hydrogen) atoms. The third kappa shape index (κ3) is 2.94. The lowest BCUT2D eigenvalue weighted by Gasteiger charge is -2.19. The van der Waals surface area contributed by atoms with Crippen molar-refractivity contribution in [3.05, 3.63) is 11.6 Å². The molecule has 90 valence electrons. The number of hydrogen-bond acceptors (Lipinski definition) is 2. The number of amidine groups is 1. The summed E-state index contributed by atoms with van der Waals surface area (Å²) in [5, 5.41) is 0. The van der Waals surface area contributed by atoms with Crippen molar-refractivity contribution < 1.29 is 4.79 Å². The fourth-order valence-electron chi connectivity index (χ4n) is 1.76. The zero-order chi connectivity index (χ0) is 12.3. The van der Waals surface area contributed by atoms with E-state index in [1.54, 1.807) is 4.90 Å². The molecule has 0 aromatic rings. The molecule has 0 N–H and O–H groups in total. The van der Waals surface area contributed by atoms with Gasteiger partial charge in [-0.3, -0.25) is 14.7 Å². The Morgan fingerprint density at radius 2 is 1.94 bits per heavy atom. The molecule has 0 saturated heterocycles. The van der Waals surface area contributed by atoms with Crippen molar-refractivity contribution in [2.45, 2.75) is 53.0 Å². The van der Waals surface area contributed by atoms with Gasteiger partial charge in [0.25, 0.3) is 5.91 Å². The number of carbonyl (C=O) groups is 1. The zero-order valence-corrected chi connectivity index (χ0v) is 11.0. The van der Waals surface area contributed by atoms with Crippen LogP contribution in [0.25, 0.3) is 0 Å². The highest BCUT2D eigenvalue weighted by Crippen LogP contribution is 2.20. The molecule has 0 radical (unpaired) electrons. The summed E-state index contributed by atoms with van der Waals surface area (Å²) in [5.41, 5.74) is 0.758. The van der Waals surface area contributed by atoms with Crippen molar-refractivity contribution in [1.82, 2.24) is 4.90 Å². The van der Waals surface area contributed by atoms with Crippen LogP contribution in [0, 0.1) is 0 Å². The minimum absolute atomic E-state index is 0.132. The maximum atomic E-state index is 12.0. The Balaban J connectivity index is 3.00. The van der Waals surface area contributed by atoms with E-state index in [1.807, 2.05) is 33.8 Å².